The second-order valence-corrected chi connectivity index (χ2v) is 9.65. The summed E-state index contributed by atoms with van der Waals surface area (Å²) in [7, 11) is 0. The smallest absolute Gasteiger partial charge is 0.413 e. The second kappa shape index (κ2) is 16.6. The zero-order chi connectivity index (χ0) is 33.0. The zero-order valence-corrected chi connectivity index (χ0v) is 23.3. The molecule has 0 saturated carbocycles. The summed E-state index contributed by atoms with van der Waals surface area (Å²) >= 11 is 0. The number of aliphatic hydroxyl groups is 3. The Morgan fingerprint density at radius 3 is 2.14 bits per heavy atom. The lowest BCUT2D eigenvalue weighted by Gasteiger charge is -2.24. The number of carbonyl (C=O) groups is 6. The highest BCUT2D eigenvalue weighted by Crippen LogP contribution is 2.25. The van der Waals surface area contributed by atoms with Crippen LogP contribution in [0.1, 0.15) is 31.2 Å². The van der Waals surface area contributed by atoms with Gasteiger partial charge in [0, 0.05) is 6.42 Å². The number of carbonyl (C=O) groups excluding carboxylic acids is 5. The minimum Gasteiger partial charge on any atom is -0.508 e. The van der Waals surface area contributed by atoms with Crippen LogP contribution >= 0.6 is 0 Å². The molecule has 0 saturated heterocycles. The monoisotopic (exact) mass is 625 g/mol. The predicted octanol–water partition coefficient (Wildman–Crippen LogP) is -2.86. The number of esters is 1. The van der Waals surface area contributed by atoms with Gasteiger partial charge < -0.3 is 62.4 Å². The van der Waals surface area contributed by atoms with Crippen molar-refractivity contribution in [3.8, 4) is 5.75 Å². The molecule has 18 heteroatoms. The quantitative estimate of drug-likeness (QED) is 0.0615. The number of hydrogen-bond acceptors (Lipinski definition) is 13. The topological polar surface area (TPSA) is 310 Å². The van der Waals surface area contributed by atoms with Crippen LogP contribution in [0.3, 0.4) is 0 Å². The number of primary amides is 1. The van der Waals surface area contributed by atoms with Crippen molar-refractivity contribution in [2.45, 2.75) is 62.4 Å². The molecular formula is C26H35N5O13. The van der Waals surface area contributed by atoms with E-state index in [1.807, 2.05) is 0 Å². The van der Waals surface area contributed by atoms with Crippen LogP contribution in [0.5, 0.6) is 5.75 Å². The number of nitrogens with one attached hydrogen (secondary N) is 3. The van der Waals surface area contributed by atoms with Crippen LogP contribution in [0.15, 0.2) is 35.8 Å². The Morgan fingerprint density at radius 2 is 1.57 bits per heavy atom. The lowest BCUT2D eigenvalue weighted by molar-refractivity contribution is -0.147. The summed E-state index contributed by atoms with van der Waals surface area (Å²) in [6.45, 7) is -0.707. The predicted molar refractivity (Wildman–Crippen MR) is 146 cm³/mol. The molecular weight excluding hydrogens is 590 g/mol. The third kappa shape index (κ3) is 10.4. The number of amides is 4. The Bertz CT molecular complexity index is 1250. The molecule has 2 rings (SSSR count). The molecule has 18 nitrogen and oxygen atoms in total. The van der Waals surface area contributed by atoms with Crippen molar-refractivity contribution in [2.24, 2.45) is 11.5 Å². The highest BCUT2D eigenvalue weighted by atomic mass is 16.6. The van der Waals surface area contributed by atoms with Gasteiger partial charge in [0.05, 0.1) is 13.0 Å². The highest BCUT2D eigenvalue weighted by molar-refractivity contribution is 5.95. The molecule has 0 aliphatic carbocycles. The van der Waals surface area contributed by atoms with Crippen molar-refractivity contribution in [2.75, 3.05) is 13.2 Å². The second-order valence-electron chi connectivity index (χ2n) is 9.65. The highest BCUT2D eigenvalue weighted by Gasteiger charge is 2.42. The minimum atomic E-state index is -1.76. The number of benzene rings is 1. The van der Waals surface area contributed by atoms with E-state index in [2.05, 4.69) is 20.7 Å². The number of rotatable bonds is 17. The molecule has 1 aromatic carbocycles. The van der Waals surface area contributed by atoms with Crippen molar-refractivity contribution in [3.63, 3.8) is 0 Å². The van der Waals surface area contributed by atoms with Crippen molar-refractivity contribution in [1.29, 1.82) is 0 Å². The average molecular weight is 626 g/mol. The third-order valence-electron chi connectivity index (χ3n) is 6.26. The first-order valence-electron chi connectivity index (χ1n) is 13.3. The third-order valence-corrected chi connectivity index (χ3v) is 6.26. The SMILES string of the molecule is NCCCC[C@H](NC(=O)OC1=C(O)C(=O)OC1C(O)CO)C(=O)N[C@@H](CC(=O)O)C(=O)N[C@@H](Cc1ccc(O)cc1)C(N)=O. The number of aliphatic carboxylic acids is 1. The largest absolute Gasteiger partial charge is 0.508 e. The first-order valence-corrected chi connectivity index (χ1v) is 13.3. The van der Waals surface area contributed by atoms with Gasteiger partial charge in [-0.2, -0.15) is 0 Å². The maximum absolute atomic E-state index is 13.2. The number of carboxylic acids is 1. The van der Waals surface area contributed by atoms with Gasteiger partial charge in [-0.3, -0.25) is 19.2 Å². The fourth-order valence-electron chi connectivity index (χ4n) is 3.97. The number of nitrogens with two attached hydrogens (primary N) is 2. The molecule has 1 heterocycles. The van der Waals surface area contributed by atoms with Gasteiger partial charge in [-0.1, -0.05) is 12.1 Å². The van der Waals surface area contributed by atoms with E-state index in [1.165, 1.54) is 24.3 Å². The van der Waals surface area contributed by atoms with Crippen molar-refractivity contribution in [3.05, 3.63) is 41.3 Å². The molecule has 1 aliphatic rings. The Hall–Kier alpha value is -4.94. The van der Waals surface area contributed by atoms with E-state index in [9.17, 15) is 49.2 Å². The van der Waals surface area contributed by atoms with E-state index in [4.69, 9.17) is 21.3 Å². The van der Waals surface area contributed by atoms with Crippen LogP contribution < -0.4 is 27.4 Å². The molecule has 2 unspecified atom stereocenters. The van der Waals surface area contributed by atoms with Gasteiger partial charge in [0.15, 0.2) is 6.10 Å². The number of aliphatic hydroxyl groups excluding tert-OH is 3. The lowest BCUT2D eigenvalue weighted by Crippen LogP contribution is -2.57. The number of carboxylic acid groups (broad SMARTS) is 1. The zero-order valence-electron chi connectivity index (χ0n) is 23.3. The van der Waals surface area contributed by atoms with Crippen LogP contribution in [0, 0.1) is 0 Å². The van der Waals surface area contributed by atoms with Crippen LogP contribution in [-0.4, -0.2) is 105 Å². The molecule has 0 aromatic heterocycles. The molecule has 44 heavy (non-hydrogen) atoms. The van der Waals surface area contributed by atoms with Crippen LogP contribution in [0.25, 0.3) is 0 Å². The van der Waals surface area contributed by atoms with E-state index in [-0.39, 0.29) is 31.6 Å². The lowest BCUT2D eigenvalue weighted by atomic mass is 10.0. The summed E-state index contributed by atoms with van der Waals surface area (Å²) in [5.41, 5.74) is 11.4. The molecule has 0 fully saturated rings. The van der Waals surface area contributed by atoms with E-state index in [1.54, 1.807) is 0 Å². The Labute approximate surface area is 250 Å². The fourth-order valence-corrected chi connectivity index (χ4v) is 3.97. The van der Waals surface area contributed by atoms with Crippen LogP contribution in [-0.2, 0) is 39.9 Å². The fraction of sp³-hybridized carbons (Fsp3) is 0.462. The van der Waals surface area contributed by atoms with Crippen LogP contribution in [0.2, 0.25) is 0 Å². The first kappa shape index (κ1) is 35.3. The summed E-state index contributed by atoms with van der Waals surface area (Å²) in [6, 6.07) is 1.10. The van der Waals surface area contributed by atoms with Crippen molar-refractivity contribution >= 4 is 35.8 Å². The summed E-state index contributed by atoms with van der Waals surface area (Å²) in [5, 5.41) is 54.3. The normalized spacial score (nSPS) is 17.1. The molecule has 12 N–H and O–H groups in total. The minimum absolute atomic E-state index is 0.0442. The van der Waals surface area contributed by atoms with Gasteiger partial charge in [-0.25, -0.2) is 9.59 Å². The number of alkyl carbamates (subject to hydrolysis) is 1. The number of cyclic esters (lactones) is 1. The maximum Gasteiger partial charge on any atom is 0.413 e. The van der Waals surface area contributed by atoms with Gasteiger partial charge >= 0.3 is 18.0 Å². The maximum atomic E-state index is 13.2. The number of aromatic hydroxyl groups is 1. The Kier molecular flexibility index (Phi) is 13.3. The molecule has 5 atom stereocenters. The van der Waals surface area contributed by atoms with Crippen LogP contribution in [0.4, 0.5) is 4.79 Å². The van der Waals surface area contributed by atoms with Crippen molar-refractivity contribution < 1.29 is 63.8 Å². The Balaban J connectivity index is 2.19. The molecule has 0 spiro atoms. The van der Waals surface area contributed by atoms with E-state index in [0.29, 0.717) is 12.0 Å². The van der Waals surface area contributed by atoms with Gasteiger partial charge in [-0.15, -0.1) is 0 Å². The van der Waals surface area contributed by atoms with Gasteiger partial charge in [0.25, 0.3) is 0 Å². The number of hydrogen-bond donors (Lipinski definition) is 10. The van der Waals surface area contributed by atoms with E-state index in [0.717, 1.165) is 0 Å². The molecule has 1 aromatic rings. The molecule has 242 valence electrons. The van der Waals surface area contributed by atoms with Gasteiger partial charge in [-0.05, 0) is 43.5 Å². The van der Waals surface area contributed by atoms with E-state index >= 15 is 0 Å². The molecule has 0 radical (unpaired) electrons. The number of phenolic OH excluding ortho intramolecular Hbond substituents is 1. The summed E-state index contributed by atoms with van der Waals surface area (Å²) < 4.78 is 9.56. The molecule has 0 bridgehead atoms. The number of ether oxygens (including phenoxy) is 2. The summed E-state index contributed by atoms with van der Waals surface area (Å²) in [4.78, 5) is 74.0. The molecule has 1 aliphatic heterocycles. The summed E-state index contributed by atoms with van der Waals surface area (Å²) in [5.74, 6) is -7.95. The number of unbranched alkanes of at least 4 members (excludes halogenated alkanes) is 1. The first-order chi connectivity index (χ1) is 20.8. The van der Waals surface area contributed by atoms with Gasteiger partial charge in [0.1, 0.15) is 30.0 Å². The average Bonchev–Trinajstić information content (AvgIpc) is 3.24. The number of phenols is 1. The Morgan fingerprint density at radius 1 is 0.955 bits per heavy atom. The summed E-state index contributed by atoms with van der Waals surface area (Å²) in [6.07, 6.45) is -5.37. The standard InChI is InChI=1S/C26H35N5O13/c27-8-2-1-3-14(31-26(42)44-21-19(37)25(41)43-20(21)17(34)11-32)23(39)30-16(10-18(35)36)24(40)29-15(22(28)38)9-12-4-6-13(33)7-5-12/h4-7,14-17,20,32-34,37H,1-3,8-11,27H2,(H2,28,38)(H,29,40)(H,30,39)(H,31,42)(H,35,36)/t14-,15-,16-,17?,20?/m0/s1. The van der Waals surface area contributed by atoms with Crippen molar-refractivity contribution in [1.82, 2.24) is 16.0 Å². The molecule has 4 amide bonds. The van der Waals surface area contributed by atoms with Gasteiger partial charge in [0.2, 0.25) is 29.2 Å². The van der Waals surface area contributed by atoms with E-state index < -0.39 is 90.6 Å².